The fraction of sp³-hybridized carbons (Fsp3) is 0.188. The van der Waals surface area contributed by atoms with E-state index in [4.69, 9.17) is 4.74 Å². The normalized spacial score (nSPS) is 10.6. The second-order valence-electron chi connectivity index (χ2n) is 4.48. The molecule has 0 fully saturated rings. The number of hydrogen-bond acceptors (Lipinski definition) is 5. The van der Waals surface area contributed by atoms with Crippen molar-refractivity contribution in [1.82, 2.24) is 9.97 Å². The number of para-hydroxylation sites is 1. The van der Waals surface area contributed by atoms with Crippen molar-refractivity contribution in [3.05, 3.63) is 59.9 Å². The van der Waals surface area contributed by atoms with Gasteiger partial charge in [0.2, 0.25) is 5.95 Å². The van der Waals surface area contributed by atoms with Crippen molar-refractivity contribution < 1.29 is 4.74 Å². The number of aromatic nitrogens is 2. The van der Waals surface area contributed by atoms with Gasteiger partial charge in [-0.1, -0.05) is 24.8 Å². The highest BCUT2D eigenvalue weighted by atomic mass is 16.5. The Morgan fingerprint density at radius 2 is 1.95 bits per heavy atom. The maximum absolute atomic E-state index is 5.56. The van der Waals surface area contributed by atoms with Gasteiger partial charge in [-0.3, -0.25) is 0 Å². The topological polar surface area (TPSA) is 59.4 Å². The standard InChI is InChI=1S/C16H18N4O/c1-4-9-21-15-8-6-5-7-14(15)11-17-20-16-18-12(2)10-13(3)19-16/h4-8,10-11H,1,9H2,2-3H3,(H,18,19,20)/b17-11-. The van der Waals surface area contributed by atoms with Crippen LogP contribution < -0.4 is 10.2 Å². The molecular formula is C16H18N4O. The van der Waals surface area contributed by atoms with E-state index in [1.165, 1.54) is 0 Å². The summed E-state index contributed by atoms with van der Waals surface area (Å²) in [5.41, 5.74) is 5.50. The van der Waals surface area contributed by atoms with Crippen molar-refractivity contribution in [3.63, 3.8) is 0 Å². The van der Waals surface area contributed by atoms with Crippen LogP contribution in [0.4, 0.5) is 5.95 Å². The fourth-order valence-corrected chi connectivity index (χ4v) is 1.80. The number of nitrogens with zero attached hydrogens (tertiary/aromatic N) is 3. The molecule has 0 aliphatic rings. The lowest BCUT2D eigenvalue weighted by Crippen LogP contribution is -2.01. The van der Waals surface area contributed by atoms with Gasteiger partial charge in [-0.25, -0.2) is 15.4 Å². The second kappa shape index (κ2) is 7.19. The minimum Gasteiger partial charge on any atom is -0.489 e. The van der Waals surface area contributed by atoms with Crippen LogP contribution >= 0.6 is 0 Å². The Balaban J connectivity index is 2.08. The number of aryl methyl sites for hydroxylation is 2. The van der Waals surface area contributed by atoms with Gasteiger partial charge < -0.3 is 4.74 Å². The molecule has 1 N–H and O–H groups in total. The van der Waals surface area contributed by atoms with Gasteiger partial charge in [0.1, 0.15) is 12.4 Å². The molecule has 1 heterocycles. The smallest absolute Gasteiger partial charge is 0.243 e. The average molecular weight is 282 g/mol. The second-order valence-corrected chi connectivity index (χ2v) is 4.48. The quantitative estimate of drug-likeness (QED) is 0.502. The molecule has 5 heteroatoms. The van der Waals surface area contributed by atoms with Crippen LogP contribution in [0.25, 0.3) is 0 Å². The Morgan fingerprint density at radius 3 is 2.67 bits per heavy atom. The van der Waals surface area contributed by atoms with Crippen molar-refractivity contribution in [2.24, 2.45) is 5.10 Å². The summed E-state index contributed by atoms with van der Waals surface area (Å²) in [7, 11) is 0. The van der Waals surface area contributed by atoms with E-state index in [1.54, 1.807) is 12.3 Å². The zero-order chi connectivity index (χ0) is 15.1. The van der Waals surface area contributed by atoms with Crippen molar-refractivity contribution in [2.45, 2.75) is 13.8 Å². The first kappa shape index (κ1) is 14.7. The third-order valence-electron chi connectivity index (χ3n) is 2.63. The Labute approximate surface area is 124 Å². The van der Waals surface area contributed by atoms with Crippen LogP contribution in [0, 0.1) is 13.8 Å². The SMILES string of the molecule is C=CCOc1ccccc1/C=N\Nc1nc(C)cc(C)n1. The molecule has 0 amide bonds. The molecule has 0 aliphatic carbocycles. The minimum absolute atomic E-state index is 0.457. The number of rotatable bonds is 6. The summed E-state index contributed by atoms with van der Waals surface area (Å²) in [5, 5.41) is 4.16. The van der Waals surface area contributed by atoms with Crippen LogP contribution in [0.2, 0.25) is 0 Å². The maximum atomic E-state index is 5.56. The Morgan fingerprint density at radius 1 is 1.24 bits per heavy atom. The van der Waals surface area contributed by atoms with E-state index in [2.05, 4.69) is 27.1 Å². The first-order valence-corrected chi connectivity index (χ1v) is 6.63. The molecule has 0 saturated carbocycles. The summed E-state index contributed by atoms with van der Waals surface area (Å²) in [4.78, 5) is 8.51. The van der Waals surface area contributed by atoms with Gasteiger partial charge >= 0.3 is 0 Å². The van der Waals surface area contributed by atoms with Crippen molar-refractivity contribution >= 4 is 12.2 Å². The molecule has 21 heavy (non-hydrogen) atoms. The van der Waals surface area contributed by atoms with Crippen molar-refractivity contribution in [1.29, 1.82) is 0 Å². The Hall–Kier alpha value is -2.69. The van der Waals surface area contributed by atoms with E-state index in [-0.39, 0.29) is 0 Å². The van der Waals surface area contributed by atoms with E-state index in [0.717, 1.165) is 22.7 Å². The van der Waals surface area contributed by atoms with Gasteiger partial charge in [-0.15, -0.1) is 0 Å². The highest BCUT2D eigenvalue weighted by Crippen LogP contribution is 2.15. The molecule has 0 aliphatic heterocycles. The molecule has 0 bridgehead atoms. The lowest BCUT2D eigenvalue weighted by atomic mass is 10.2. The fourth-order valence-electron chi connectivity index (χ4n) is 1.80. The van der Waals surface area contributed by atoms with Crippen LogP contribution in [0.5, 0.6) is 5.75 Å². The molecule has 2 aromatic rings. The highest BCUT2D eigenvalue weighted by Gasteiger charge is 2.00. The zero-order valence-corrected chi connectivity index (χ0v) is 12.2. The number of nitrogens with one attached hydrogen (secondary N) is 1. The number of benzene rings is 1. The summed E-state index contributed by atoms with van der Waals surface area (Å²) in [6, 6.07) is 9.56. The summed E-state index contributed by atoms with van der Waals surface area (Å²) >= 11 is 0. The summed E-state index contributed by atoms with van der Waals surface area (Å²) < 4.78 is 5.56. The lowest BCUT2D eigenvalue weighted by Gasteiger charge is -2.06. The average Bonchev–Trinajstić information content (AvgIpc) is 2.45. The first-order valence-electron chi connectivity index (χ1n) is 6.63. The van der Waals surface area contributed by atoms with E-state index in [0.29, 0.717) is 12.6 Å². The lowest BCUT2D eigenvalue weighted by molar-refractivity contribution is 0.363. The molecule has 108 valence electrons. The molecule has 0 atom stereocenters. The predicted molar refractivity (Wildman–Crippen MR) is 84.9 cm³/mol. The number of hydrazone groups is 1. The van der Waals surface area contributed by atoms with Crippen LogP contribution in [-0.4, -0.2) is 22.8 Å². The summed E-state index contributed by atoms with van der Waals surface area (Å²) in [6.45, 7) is 7.93. The van der Waals surface area contributed by atoms with Crippen molar-refractivity contribution in [2.75, 3.05) is 12.0 Å². The Bertz CT molecular complexity index is 632. The van der Waals surface area contributed by atoms with Crippen LogP contribution in [0.15, 0.2) is 48.1 Å². The van der Waals surface area contributed by atoms with Crippen molar-refractivity contribution in [3.8, 4) is 5.75 Å². The first-order chi connectivity index (χ1) is 10.2. The molecule has 1 aromatic carbocycles. The number of anilines is 1. The third kappa shape index (κ3) is 4.42. The van der Waals surface area contributed by atoms with E-state index in [1.807, 2.05) is 44.2 Å². The van der Waals surface area contributed by atoms with E-state index in [9.17, 15) is 0 Å². The van der Waals surface area contributed by atoms with Crippen LogP contribution in [-0.2, 0) is 0 Å². The maximum Gasteiger partial charge on any atom is 0.243 e. The highest BCUT2D eigenvalue weighted by molar-refractivity contribution is 5.83. The van der Waals surface area contributed by atoms with Gasteiger partial charge in [-0.2, -0.15) is 5.10 Å². The van der Waals surface area contributed by atoms with Crippen LogP contribution in [0.3, 0.4) is 0 Å². The largest absolute Gasteiger partial charge is 0.489 e. The van der Waals surface area contributed by atoms with E-state index >= 15 is 0 Å². The van der Waals surface area contributed by atoms with Gasteiger partial charge in [0.15, 0.2) is 0 Å². The third-order valence-corrected chi connectivity index (χ3v) is 2.63. The molecule has 0 spiro atoms. The molecule has 1 aromatic heterocycles. The number of hydrogen-bond donors (Lipinski definition) is 1. The van der Waals surface area contributed by atoms with Gasteiger partial charge in [0.05, 0.1) is 6.21 Å². The predicted octanol–water partition coefficient (Wildman–Crippen LogP) is 3.10. The molecule has 2 rings (SSSR count). The Kier molecular flexibility index (Phi) is 5.04. The van der Waals surface area contributed by atoms with Gasteiger partial charge in [0.25, 0.3) is 0 Å². The molecule has 5 nitrogen and oxygen atoms in total. The van der Waals surface area contributed by atoms with Gasteiger partial charge in [-0.05, 0) is 32.0 Å². The molecule has 0 radical (unpaired) electrons. The summed E-state index contributed by atoms with van der Waals surface area (Å²) in [6.07, 6.45) is 3.38. The zero-order valence-electron chi connectivity index (χ0n) is 12.2. The summed E-state index contributed by atoms with van der Waals surface area (Å²) in [5.74, 6) is 1.23. The van der Waals surface area contributed by atoms with Gasteiger partial charge in [0, 0.05) is 17.0 Å². The minimum atomic E-state index is 0.457. The molecular weight excluding hydrogens is 264 g/mol. The number of ether oxygens (including phenoxy) is 1. The van der Waals surface area contributed by atoms with E-state index < -0.39 is 0 Å². The molecule has 0 unspecified atom stereocenters. The van der Waals surface area contributed by atoms with Crippen LogP contribution in [0.1, 0.15) is 17.0 Å². The molecule has 0 saturated heterocycles. The monoisotopic (exact) mass is 282 g/mol.